The predicted octanol–water partition coefficient (Wildman–Crippen LogP) is 4.40. The fourth-order valence-electron chi connectivity index (χ4n) is 2.10. The molecule has 2 aromatic carbocycles. The van der Waals surface area contributed by atoms with Crippen molar-refractivity contribution >= 4 is 23.4 Å². The van der Waals surface area contributed by atoms with Crippen LogP contribution in [0.3, 0.4) is 0 Å². The predicted molar refractivity (Wildman–Crippen MR) is 92.9 cm³/mol. The molecule has 0 saturated carbocycles. The Morgan fingerprint density at radius 2 is 1.62 bits per heavy atom. The lowest BCUT2D eigenvalue weighted by Gasteiger charge is -2.21. The number of carbonyl (C=O) groups is 2. The van der Waals surface area contributed by atoms with Crippen LogP contribution >= 0.6 is 11.6 Å². The van der Waals surface area contributed by atoms with E-state index in [-0.39, 0.29) is 5.78 Å². The molecule has 0 saturated heterocycles. The topological polar surface area (TPSA) is 63.6 Å². The van der Waals surface area contributed by atoms with E-state index in [1.54, 1.807) is 36.4 Å². The van der Waals surface area contributed by atoms with Gasteiger partial charge in [-0.3, -0.25) is 4.79 Å². The molecule has 0 spiro atoms. The zero-order chi connectivity index (χ0) is 17.7. The van der Waals surface area contributed by atoms with Gasteiger partial charge in [0.05, 0.1) is 0 Å². The van der Waals surface area contributed by atoms with Gasteiger partial charge in [0.25, 0.3) is 0 Å². The largest absolute Gasteiger partial charge is 0.478 e. The molecule has 0 bridgehead atoms. The van der Waals surface area contributed by atoms with Crippen molar-refractivity contribution in [3.63, 3.8) is 0 Å². The molecular weight excluding hydrogens is 328 g/mol. The van der Waals surface area contributed by atoms with Crippen molar-refractivity contribution in [2.75, 3.05) is 0 Å². The van der Waals surface area contributed by atoms with Crippen LogP contribution in [0.1, 0.15) is 36.2 Å². The number of ketones is 1. The van der Waals surface area contributed by atoms with Crippen LogP contribution in [0.2, 0.25) is 5.02 Å². The number of hydrogen-bond acceptors (Lipinski definition) is 3. The Labute approximate surface area is 146 Å². The summed E-state index contributed by atoms with van der Waals surface area (Å²) in [6, 6.07) is 13.9. The first-order chi connectivity index (χ1) is 11.3. The van der Waals surface area contributed by atoms with Gasteiger partial charge in [0.15, 0.2) is 11.4 Å². The van der Waals surface area contributed by atoms with Crippen LogP contribution in [-0.4, -0.2) is 22.5 Å². The van der Waals surface area contributed by atoms with Crippen LogP contribution in [0.15, 0.2) is 48.5 Å². The molecule has 0 aromatic heterocycles. The third-order valence-corrected chi connectivity index (χ3v) is 3.87. The molecule has 0 aliphatic rings. The van der Waals surface area contributed by atoms with Crippen LogP contribution in [0, 0.1) is 0 Å². The van der Waals surface area contributed by atoms with Crippen molar-refractivity contribution < 1.29 is 19.4 Å². The van der Waals surface area contributed by atoms with Crippen LogP contribution in [0.5, 0.6) is 5.75 Å². The van der Waals surface area contributed by atoms with Gasteiger partial charge in [0.1, 0.15) is 5.75 Å². The van der Waals surface area contributed by atoms with Gasteiger partial charge in [-0.25, -0.2) is 4.79 Å². The van der Waals surface area contributed by atoms with Gasteiger partial charge in [-0.15, -0.1) is 0 Å². The van der Waals surface area contributed by atoms with Crippen molar-refractivity contribution in [1.82, 2.24) is 0 Å². The van der Waals surface area contributed by atoms with E-state index >= 15 is 0 Å². The minimum Gasteiger partial charge on any atom is -0.478 e. The van der Waals surface area contributed by atoms with Crippen molar-refractivity contribution in [3.8, 4) is 5.75 Å². The quantitative estimate of drug-likeness (QED) is 0.755. The number of benzene rings is 2. The smallest absolute Gasteiger partial charge is 0.347 e. The summed E-state index contributed by atoms with van der Waals surface area (Å²) < 4.78 is 5.45. The molecule has 0 atom stereocenters. The minimum atomic E-state index is -1.29. The van der Waals surface area contributed by atoms with E-state index in [1.165, 1.54) is 13.8 Å². The molecule has 0 aliphatic heterocycles. The number of ether oxygens (including phenoxy) is 1. The van der Waals surface area contributed by atoms with Crippen molar-refractivity contribution in [1.29, 1.82) is 0 Å². The summed E-state index contributed by atoms with van der Waals surface area (Å²) in [5.74, 6) is -0.491. The number of carboxylic acid groups (broad SMARTS) is 1. The van der Waals surface area contributed by atoms with E-state index in [4.69, 9.17) is 21.4 Å². The van der Waals surface area contributed by atoms with Crippen LogP contribution < -0.4 is 4.74 Å². The fourth-order valence-corrected chi connectivity index (χ4v) is 2.23. The van der Waals surface area contributed by atoms with E-state index in [1.807, 2.05) is 12.1 Å². The number of halogens is 1. The van der Waals surface area contributed by atoms with Crippen molar-refractivity contribution in [2.24, 2.45) is 0 Å². The van der Waals surface area contributed by atoms with E-state index in [9.17, 15) is 9.59 Å². The van der Waals surface area contributed by atoms with E-state index in [0.29, 0.717) is 29.2 Å². The molecule has 0 aliphatic carbocycles. The molecule has 4 nitrogen and oxygen atoms in total. The Hall–Kier alpha value is -2.33. The Balaban J connectivity index is 1.93. The zero-order valence-electron chi connectivity index (χ0n) is 13.6. The number of aryl methyl sites for hydroxylation is 1. The first-order valence-corrected chi connectivity index (χ1v) is 7.96. The summed E-state index contributed by atoms with van der Waals surface area (Å²) in [5, 5.41) is 9.66. The first-order valence-electron chi connectivity index (χ1n) is 7.58. The van der Waals surface area contributed by atoms with Crippen molar-refractivity contribution in [3.05, 3.63) is 64.7 Å². The lowest BCUT2D eigenvalue weighted by atomic mass is 10.0. The molecule has 24 heavy (non-hydrogen) atoms. The number of rotatable bonds is 7. The molecule has 0 fully saturated rings. The highest BCUT2D eigenvalue weighted by Crippen LogP contribution is 2.20. The highest BCUT2D eigenvalue weighted by Gasteiger charge is 2.29. The van der Waals surface area contributed by atoms with E-state index < -0.39 is 11.6 Å². The summed E-state index contributed by atoms with van der Waals surface area (Å²) in [6.45, 7) is 2.99. The van der Waals surface area contributed by atoms with Gasteiger partial charge in [-0.2, -0.15) is 0 Å². The zero-order valence-corrected chi connectivity index (χ0v) is 14.3. The average Bonchev–Trinajstić information content (AvgIpc) is 2.54. The second-order valence-corrected chi connectivity index (χ2v) is 6.43. The standard InChI is InChI=1S/C19H19ClO4/c1-19(2,18(22)23)24-16-10-3-13(4-11-16)5-12-17(21)14-6-8-15(20)9-7-14/h3-4,6-11H,5,12H2,1-2H3,(H,22,23). The Kier molecular flexibility index (Phi) is 5.62. The summed E-state index contributed by atoms with van der Waals surface area (Å²) in [7, 11) is 0. The SMILES string of the molecule is CC(C)(Oc1ccc(CCC(=O)c2ccc(Cl)cc2)cc1)C(=O)O. The van der Waals surface area contributed by atoms with E-state index in [2.05, 4.69) is 0 Å². The third kappa shape index (κ3) is 4.83. The average molecular weight is 347 g/mol. The Morgan fingerprint density at radius 3 is 2.17 bits per heavy atom. The van der Waals surface area contributed by atoms with Crippen LogP contribution in [0.4, 0.5) is 0 Å². The molecule has 2 rings (SSSR count). The fraction of sp³-hybridized carbons (Fsp3) is 0.263. The highest BCUT2D eigenvalue weighted by atomic mass is 35.5. The van der Waals surface area contributed by atoms with Crippen LogP contribution in [0.25, 0.3) is 0 Å². The molecule has 126 valence electrons. The summed E-state index contributed by atoms with van der Waals surface area (Å²) in [6.07, 6.45) is 0.993. The van der Waals surface area contributed by atoms with Gasteiger partial charge < -0.3 is 9.84 Å². The number of aliphatic carboxylic acids is 1. The van der Waals surface area contributed by atoms with Gasteiger partial charge in [-0.1, -0.05) is 23.7 Å². The van der Waals surface area contributed by atoms with E-state index in [0.717, 1.165) is 5.56 Å². The molecule has 0 amide bonds. The lowest BCUT2D eigenvalue weighted by molar-refractivity contribution is -0.152. The van der Waals surface area contributed by atoms with Gasteiger partial charge >= 0.3 is 5.97 Å². The summed E-state index contributed by atoms with van der Waals surface area (Å²) in [5.41, 5.74) is 0.340. The van der Waals surface area contributed by atoms with Gasteiger partial charge in [0.2, 0.25) is 0 Å². The van der Waals surface area contributed by atoms with Crippen molar-refractivity contribution in [2.45, 2.75) is 32.3 Å². The second kappa shape index (κ2) is 7.49. The molecule has 5 heteroatoms. The number of Topliss-reactive ketones (excluding diaryl/α,β-unsaturated/α-hetero) is 1. The van der Waals surface area contributed by atoms with Crippen LogP contribution in [-0.2, 0) is 11.2 Å². The first kappa shape index (κ1) is 18.0. The molecule has 0 heterocycles. The maximum atomic E-state index is 12.1. The summed E-state index contributed by atoms with van der Waals surface area (Å²) in [4.78, 5) is 23.2. The normalized spacial score (nSPS) is 11.1. The lowest BCUT2D eigenvalue weighted by Crippen LogP contribution is -2.37. The minimum absolute atomic E-state index is 0.0546. The number of hydrogen-bond donors (Lipinski definition) is 1. The summed E-state index contributed by atoms with van der Waals surface area (Å²) >= 11 is 5.81. The van der Waals surface area contributed by atoms with Gasteiger partial charge in [0, 0.05) is 17.0 Å². The second-order valence-electron chi connectivity index (χ2n) is 5.99. The maximum absolute atomic E-state index is 12.1. The molecule has 0 unspecified atom stereocenters. The molecule has 2 aromatic rings. The molecule has 0 radical (unpaired) electrons. The molecule has 1 N–H and O–H groups in total. The molecular formula is C19H19ClO4. The monoisotopic (exact) mass is 346 g/mol. The Bertz CT molecular complexity index is 718. The Morgan fingerprint density at radius 1 is 1.04 bits per heavy atom. The number of carbonyl (C=O) groups excluding carboxylic acids is 1. The third-order valence-electron chi connectivity index (χ3n) is 3.62. The number of carboxylic acids is 1. The maximum Gasteiger partial charge on any atom is 0.347 e. The highest BCUT2D eigenvalue weighted by molar-refractivity contribution is 6.30. The van der Waals surface area contributed by atoms with Gasteiger partial charge in [-0.05, 0) is 62.2 Å².